The van der Waals surface area contributed by atoms with Crippen LogP contribution in [0.3, 0.4) is 0 Å². The second kappa shape index (κ2) is 11.6. The molecule has 0 N–H and O–H groups in total. The van der Waals surface area contributed by atoms with E-state index < -0.39 is 15.8 Å². The van der Waals surface area contributed by atoms with Gasteiger partial charge in [0.05, 0.1) is 23.6 Å². The highest BCUT2D eigenvalue weighted by Gasteiger charge is 2.24. The first kappa shape index (κ1) is 27.1. The van der Waals surface area contributed by atoms with E-state index in [2.05, 4.69) is 9.88 Å². The topological polar surface area (TPSA) is 102 Å². The zero-order valence-corrected chi connectivity index (χ0v) is 22.6. The van der Waals surface area contributed by atoms with Gasteiger partial charge in [0.2, 0.25) is 5.91 Å². The lowest BCUT2D eigenvalue weighted by Gasteiger charge is -2.34. The van der Waals surface area contributed by atoms with E-state index in [0.717, 1.165) is 23.0 Å². The molecule has 0 bridgehead atoms. The summed E-state index contributed by atoms with van der Waals surface area (Å²) in [6, 6.07) is 10.2. The fraction of sp³-hybridized carbons (Fsp3) is 0.423. The standard InChI is InChI=1S/C26H31ClN4O5S/c1-3-36-26(33)25-19(2)31(18-28-25)14-11-29-9-12-30(13-10-29)24(32)8-15-37(34,35)23-7-5-20-16-22(27)6-4-21(20)17-23/h4-7,16-18H,3,8-15H2,1-2H3. The number of piperazine rings is 1. The number of esters is 1. The maximum atomic E-state index is 12.9. The molecule has 2 heterocycles. The molecule has 2 aromatic carbocycles. The van der Waals surface area contributed by atoms with E-state index in [0.29, 0.717) is 50.0 Å². The number of imidazole rings is 1. The summed E-state index contributed by atoms with van der Waals surface area (Å²) in [7, 11) is -3.59. The zero-order valence-electron chi connectivity index (χ0n) is 21.0. The van der Waals surface area contributed by atoms with E-state index in [1.165, 1.54) is 0 Å². The van der Waals surface area contributed by atoms with Gasteiger partial charge in [-0.05, 0) is 48.9 Å². The molecule has 1 fully saturated rings. The van der Waals surface area contributed by atoms with E-state index in [9.17, 15) is 18.0 Å². The van der Waals surface area contributed by atoms with Gasteiger partial charge < -0.3 is 14.2 Å². The first-order valence-corrected chi connectivity index (χ1v) is 14.3. The lowest BCUT2D eigenvalue weighted by Crippen LogP contribution is -2.49. The summed E-state index contributed by atoms with van der Waals surface area (Å²) in [6.07, 6.45) is 1.60. The summed E-state index contributed by atoms with van der Waals surface area (Å²) >= 11 is 6.01. The molecule has 9 nitrogen and oxygen atoms in total. The van der Waals surface area contributed by atoms with Crippen molar-refractivity contribution < 1.29 is 22.7 Å². The first-order valence-electron chi connectivity index (χ1n) is 12.3. The Morgan fingerprint density at radius 3 is 2.46 bits per heavy atom. The van der Waals surface area contributed by atoms with Crippen molar-refractivity contribution in [3.05, 3.63) is 59.1 Å². The van der Waals surface area contributed by atoms with Crippen LogP contribution < -0.4 is 0 Å². The van der Waals surface area contributed by atoms with Crippen LogP contribution in [-0.2, 0) is 25.9 Å². The molecule has 0 unspecified atom stereocenters. The molecule has 0 radical (unpaired) electrons. The average molecular weight is 547 g/mol. The van der Waals surface area contributed by atoms with E-state index in [1.807, 2.05) is 11.5 Å². The number of rotatable bonds is 9. The normalized spacial score (nSPS) is 14.7. The quantitative estimate of drug-likeness (QED) is 0.380. The third kappa shape index (κ3) is 6.49. The number of aromatic nitrogens is 2. The van der Waals surface area contributed by atoms with E-state index in [-0.39, 0.29) is 23.0 Å². The predicted molar refractivity (Wildman–Crippen MR) is 142 cm³/mol. The van der Waals surface area contributed by atoms with Crippen LogP contribution in [0, 0.1) is 6.92 Å². The minimum absolute atomic E-state index is 0.0497. The highest BCUT2D eigenvalue weighted by Crippen LogP contribution is 2.23. The van der Waals surface area contributed by atoms with Crippen LogP contribution in [0.25, 0.3) is 10.8 Å². The molecule has 0 saturated carbocycles. The van der Waals surface area contributed by atoms with E-state index >= 15 is 0 Å². The van der Waals surface area contributed by atoms with Crippen molar-refractivity contribution in [2.45, 2.75) is 31.7 Å². The van der Waals surface area contributed by atoms with Crippen molar-refractivity contribution in [3.63, 3.8) is 0 Å². The monoisotopic (exact) mass is 546 g/mol. The number of fused-ring (bicyclic) bond motifs is 1. The van der Waals surface area contributed by atoms with Gasteiger partial charge in [-0.15, -0.1) is 0 Å². The van der Waals surface area contributed by atoms with Crippen molar-refractivity contribution in [3.8, 4) is 0 Å². The number of hydrogen-bond acceptors (Lipinski definition) is 7. The maximum Gasteiger partial charge on any atom is 0.358 e. The lowest BCUT2D eigenvalue weighted by molar-refractivity contribution is -0.132. The molecule has 1 aliphatic heterocycles. The predicted octanol–water partition coefficient (Wildman–Crippen LogP) is 3.18. The maximum absolute atomic E-state index is 12.9. The highest BCUT2D eigenvalue weighted by molar-refractivity contribution is 7.91. The van der Waals surface area contributed by atoms with Gasteiger partial charge in [0.1, 0.15) is 0 Å². The van der Waals surface area contributed by atoms with Gasteiger partial charge in [-0.2, -0.15) is 0 Å². The highest BCUT2D eigenvalue weighted by atomic mass is 35.5. The van der Waals surface area contributed by atoms with Crippen LogP contribution >= 0.6 is 11.6 Å². The number of ether oxygens (including phenoxy) is 1. The zero-order chi connectivity index (χ0) is 26.6. The second-order valence-corrected chi connectivity index (χ2v) is 11.6. The Labute approximate surface area is 221 Å². The first-order chi connectivity index (χ1) is 17.7. The summed E-state index contributed by atoms with van der Waals surface area (Å²) in [5.74, 6) is -0.799. The minimum atomic E-state index is -3.59. The Bertz CT molecular complexity index is 1400. The molecule has 1 saturated heterocycles. The van der Waals surface area contributed by atoms with Gasteiger partial charge in [-0.3, -0.25) is 9.69 Å². The molecule has 198 valence electrons. The van der Waals surface area contributed by atoms with Crippen molar-refractivity contribution in [2.75, 3.05) is 45.1 Å². The number of hydrogen-bond donors (Lipinski definition) is 0. The van der Waals surface area contributed by atoms with Crippen LogP contribution in [-0.4, -0.2) is 84.7 Å². The van der Waals surface area contributed by atoms with Crippen molar-refractivity contribution in [1.29, 1.82) is 0 Å². The lowest BCUT2D eigenvalue weighted by atomic mass is 10.1. The molecule has 0 aliphatic carbocycles. The molecule has 4 rings (SSSR count). The summed E-state index contributed by atoms with van der Waals surface area (Å²) < 4.78 is 32.7. The summed E-state index contributed by atoms with van der Waals surface area (Å²) in [5, 5.41) is 2.24. The van der Waals surface area contributed by atoms with Gasteiger partial charge in [0.15, 0.2) is 15.5 Å². The molecular formula is C26H31ClN4O5S. The molecule has 11 heteroatoms. The van der Waals surface area contributed by atoms with Gasteiger partial charge >= 0.3 is 5.97 Å². The number of sulfone groups is 1. The Hall–Kier alpha value is -2.95. The number of halogens is 1. The Morgan fingerprint density at radius 1 is 1.03 bits per heavy atom. The van der Waals surface area contributed by atoms with Crippen molar-refractivity contribution in [2.24, 2.45) is 0 Å². The number of carbonyl (C=O) groups excluding carboxylic acids is 2. The molecule has 1 aromatic heterocycles. The van der Waals surface area contributed by atoms with Crippen LogP contribution in [0.2, 0.25) is 5.02 Å². The van der Waals surface area contributed by atoms with Crippen molar-refractivity contribution >= 4 is 44.1 Å². The third-order valence-corrected chi connectivity index (χ3v) is 8.62. The largest absolute Gasteiger partial charge is 0.461 e. The smallest absolute Gasteiger partial charge is 0.358 e. The van der Waals surface area contributed by atoms with Gasteiger partial charge in [-0.25, -0.2) is 18.2 Å². The fourth-order valence-corrected chi connectivity index (χ4v) is 5.87. The third-order valence-electron chi connectivity index (χ3n) is 6.67. The van der Waals surface area contributed by atoms with Crippen molar-refractivity contribution in [1.82, 2.24) is 19.4 Å². The van der Waals surface area contributed by atoms with Gasteiger partial charge in [0.25, 0.3) is 0 Å². The number of carbonyl (C=O) groups is 2. The average Bonchev–Trinajstić information content (AvgIpc) is 3.26. The van der Waals surface area contributed by atoms with Crippen LogP contribution in [0.1, 0.15) is 29.5 Å². The van der Waals surface area contributed by atoms with Gasteiger partial charge in [-0.1, -0.05) is 23.7 Å². The second-order valence-electron chi connectivity index (χ2n) is 9.04. The van der Waals surface area contributed by atoms with Crippen LogP contribution in [0.5, 0.6) is 0 Å². The SMILES string of the molecule is CCOC(=O)c1ncn(CCN2CCN(C(=O)CCS(=O)(=O)c3ccc4cc(Cl)ccc4c3)CC2)c1C. The summed E-state index contributed by atoms with van der Waals surface area (Å²) in [4.78, 5) is 33.1. The minimum Gasteiger partial charge on any atom is -0.461 e. The van der Waals surface area contributed by atoms with Crippen LogP contribution in [0.4, 0.5) is 0 Å². The molecular weight excluding hydrogens is 516 g/mol. The summed E-state index contributed by atoms with van der Waals surface area (Å²) in [6.45, 7) is 7.82. The summed E-state index contributed by atoms with van der Waals surface area (Å²) in [5.41, 5.74) is 1.10. The molecule has 1 amide bonds. The van der Waals surface area contributed by atoms with Gasteiger partial charge in [0, 0.05) is 56.4 Å². The molecule has 3 aromatic rings. The molecule has 1 aliphatic rings. The molecule has 37 heavy (non-hydrogen) atoms. The number of nitrogens with zero attached hydrogens (tertiary/aromatic N) is 4. The van der Waals surface area contributed by atoms with E-state index in [1.54, 1.807) is 54.5 Å². The Kier molecular flexibility index (Phi) is 8.51. The fourth-order valence-electron chi connectivity index (χ4n) is 4.42. The molecule has 0 atom stereocenters. The molecule has 0 spiro atoms. The number of amides is 1. The number of benzene rings is 2. The Balaban J connectivity index is 1.25. The van der Waals surface area contributed by atoms with Crippen LogP contribution in [0.15, 0.2) is 47.6 Å². The Morgan fingerprint density at radius 2 is 1.73 bits per heavy atom. The van der Waals surface area contributed by atoms with E-state index in [4.69, 9.17) is 16.3 Å².